The van der Waals surface area contributed by atoms with Gasteiger partial charge in [-0.05, 0) is 73.2 Å². The highest BCUT2D eigenvalue weighted by molar-refractivity contribution is 7.90. The van der Waals surface area contributed by atoms with Crippen LogP contribution >= 0.6 is 0 Å². The van der Waals surface area contributed by atoms with Crippen LogP contribution in [-0.2, 0) is 31.2 Å². The van der Waals surface area contributed by atoms with E-state index >= 15 is 0 Å². The van der Waals surface area contributed by atoms with Gasteiger partial charge in [0.2, 0.25) is 36.8 Å². The monoisotopic (exact) mass is 762 g/mol. The molecule has 4 heterocycles. The van der Waals surface area contributed by atoms with Crippen LogP contribution < -0.4 is 25.6 Å². The summed E-state index contributed by atoms with van der Waals surface area (Å²) >= 11 is 0. The minimum absolute atomic E-state index is 0.0293. The van der Waals surface area contributed by atoms with Gasteiger partial charge in [-0.1, -0.05) is 45.0 Å². The van der Waals surface area contributed by atoms with Crippen LogP contribution in [0, 0.1) is 19.3 Å². The third-order valence-corrected chi connectivity index (χ3v) is 12.7. The average Bonchev–Trinajstić information content (AvgIpc) is 3.40. The summed E-state index contributed by atoms with van der Waals surface area (Å²) in [4.78, 5) is 26.5. The number of sulfonamides is 1. The highest BCUT2D eigenvalue weighted by atomic mass is 32.2. The van der Waals surface area contributed by atoms with Crippen LogP contribution in [0.2, 0.25) is 0 Å². The van der Waals surface area contributed by atoms with Gasteiger partial charge >= 0.3 is 0 Å². The molecule has 16 heteroatoms. The first-order valence-corrected chi connectivity index (χ1v) is 20.8. The number of amides is 1. The second-order valence-electron chi connectivity index (χ2n) is 14.1. The van der Waals surface area contributed by atoms with Crippen LogP contribution in [0.25, 0.3) is 0 Å². The fourth-order valence-electron chi connectivity index (χ4n) is 7.08. The summed E-state index contributed by atoms with van der Waals surface area (Å²) < 4.78 is 59.5. The van der Waals surface area contributed by atoms with Crippen LogP contribution in [0.3, 0.4) is 0 Å². The first-order chi connectivity index (χ1) is 25.0. The van der Waals surface area contributed by atoms with Gasteiger partial charge in [-0.3, -0.25) is 14.8 Å². The summed E-state index contributed by atoms with van der Waals surface area (Å²) in [5.74, 6) is -0.765. The quantitative estimate of drug-likeness (QED) is 0.213. The van der Waals surface area contributed by atoms with Gasteiger partial charge < -0.3 is 10.1 Å². The standard InChI is InChI=1S/C37H46N8O6S2/c1-9-28-22-44(53(49,50)31-12-11-17-38-34(31)51-28)21-26-18-25(14-13-23(26)3)32(29-15-16-30-33(24(29)4)43(7)42-45(30)10-2)37(5,6)35(46)41-27-19-39-36(40-20-27)52(8,47)48/h11-20,28,32,42H,9-10,21-22H2,1-8H3,(H,41,46)/t28-,32+/m1/s1. The van der Waals surface area contributed by atoms with Crippen molar-refractivity contribution in [3.63, 3.8) is 0 Å². The molecule has 0 aliphatic carbocycles. The van der Waals surface area contributed by atoms with Crippen LogP contribution in [0.4, 0.5) is 17.1 Å². The van der Waals surface area contributed by atoms with Gasteiger partial charge in [0.15, 0.2) is 0 Å². The molecule has 4 aromatic rings. The first-order valence-electron chi connectivity index (χ1n) is 17.4. The van der Waals surface area contributed by atoms with E-state index in [4.69, 9.17) is 4.74 Å². The Balaban J connectivity index is 1.44. The molecular formula is C37H46N8O6S2. The Morgan fingerprint density at radius 1 is 1.09 bits per heavy atom. The molecule has 0 radical (unpaired) electrons. The molecule has 2 aliphatic heterocycles. The summed E-state index contributed by atoms with van der Waals surface area (Å²) in [5.41, 5.74) is 8.89. The lowest BCUT2D eigenvalue weighted by atomic mass is 9.69. The minimum atomic E-state index is -3.96. The average molecular weight is 763 g/mol. The molecule has 2 aliphatic rings. The number of hydrogen-bond acceptors (Lipinski definition) is 12. The fourth-order valence-corrected chi connectivity index (χ4v) is 9.09. The number of nitrogens with zero attached hydrogens (tertiary/aromatic N) is 6. The van der Waals surface area contributed by atoms with Gasteiger partial charge in [0.25, 0.3) is 0 Å². The highest BCUT2D eigenvalue weighted by Gasteiger charge is 2.42. The molecule has 2 N–H and O–H groups in total. The van der Waals surface area contributed by atoms with Crippen molar-refractivity contribution in [1.29, 1.82) is 0 Å². The Labute approximate surface area is 311 Å². The van der Waals surface area contributed by atoms with Gasteiger partial charge in [0.1, 0.15) is 11.0 Å². The minimum Gasteiger partial charge on any atom is -0.472 e. The number of anilines is 3. The largest absolute Gasteiger partial charge is 0.472 e. The topological polar surface area (TPSA) is 167 Å². The maximum atomic E-state index is 14.4. The fraction of sp³-hybridized carbons (Fsp3) is 0.405. The molecule has 2 aromatic heterocycles. The van der Waals surface area contributed by atoms with Crippen molar-refractivity contribution >= 4 is 42.8 Å². The van der Waals surface area contributed by atoms with E-state index in [1.165, 1.54) is 29.0 Å². The number of carbonyl (C=O) groups excluding carboxylic acids is 1. The van der Waals surface area contributed by atoms with E-state index in [1.54, 1.807) is 6.07 Å². The predicted octanol–water partition coefficient (Wildman–Crippen LogP) is 4.75. The van der Waals surface area contributed by atoms with Gasteiger partial charge in [0, 0.05) is 38.5 Å². The molecule has 0 unspecified atom stereocenters. The predicted molar refractivity (Wildman–Crippen MR) is 203 cm³/mol. The van der Waals surface area contributed by atoms with Crippen LogP contribution in [0.15, 0.2) is 71.1 Å². The number of sulfone groups is 1. The van der Waals surface area contributed by atoms with Crippen LogP contribution in [0.5, 0.6) is 5.88 Å². The van der Waals surface area contributed by atoms with Gasteiger partial charge in [-0.2, -0.15) is 4.31 Å². The number of benzene rings is 2. The lowest BCUT2D eigenvalue weighted by molar-refractivity contribution is -0.124. The van der Waals surface area contributed by atoms with Crippen LogP contribution in [0.1, 0.15) is 67.9 Å². The van der Waals surface area contributed by atoms with Crippen LogP contribution in [-0.4, -0.2) is 74.5 Å². The molecule has 0 saturated heterocycles. The molecule has 6 rings (SSSR count). The number of nitrogens with one attached hydrogen (secondary N) is 2. The zero-order chi connectivity index (χ0) is 38.5. The normalized spacial score (nSPS) is 17.8. The highest BCUT2D eigenvalue weighted by Crippen LogP contribution is 2.48. The van der Waals surface area contributed by atoms with Crippen molar-refractivity contribution in [2.24, 2.45) is 5.41 Å². The van der Waals surface area contributed by atoms with Crippen molar-refractivity contribution in [2.75, 3.05) is 41.7 Å². The van der Waals surface area contributed by atoms with E-state index in [2.05, 4.69) is 32.7 Å². The molecule has 2 aromatic carbocycles. The number of hydrazine groups is 2. The van der Waals surface area contributed by atoms with E-state index in [0.717, 1.165) is 52.0 Å². The van der Waals surface area contributed by atoms with E-state index in [0.29, 0.717) is 6.42 Å². The smallest absolute Gasteiger partial charge is 0.248 e. The number of ether oxygens (including phenoxy) is 1. The number of pyridine rings is 1. The molecule has 14 nitrogen and oxygen atoms in total. The SMILES string of the molecule is CC[C@@H]1CN(Cc2cc([C@@H](c3ccc4c(c3C)N(C)NN4CC)C(C)(C)C(=O)Nc3cnc(S(C)(=O)=O)nc3)ccc2C)S(=O)(=O)c2cccnc2O1. The molecule has 0 bridgehead atoms. The maximum Gasteiger partial charge on any atom is 0.248 e. The van der Waals surface area contributed by atoms with E-state index < -0.39 is 37.3 Å². The molecular weight excluding hydrogens is 717 g/mol. The molecule has 53 heavy (non-hydrogen) atoms. The molecule has 282 valence electrons. The summed E-state index contributed by atoms with van der Waals surface area (Å²) in [6.45, 7) is 12.7. The second-order valence-corrected chi connectivity index (χ2v) is 17.9. The Morgan fingerprint density at radius 2 is 1.81 bits per heavy atom. The van der Waals surface area contributed by atoms with Gasteiger partial charge in [-0.15, -0.1) is 5.53 Å². The molecule has 0 spiro atoms. The molecule has 2 atom stereocenters. The summed E-state index contributed by atoms with van der Waals surface area (Å²) in [7, 11) is -5.64. The zero-order valence-corrected chi connectivity index (χ0v) is 32.8. The number of hydrogen-bond donors (Lipinski definition) is 2. The molecule has 0 saturated carbocycles. The third-order valence-electron chi connectivity index (χ3n) is 10.0. The number of carbonyl (C=O) groups is 1. The third kappa shape index (κ3) is 7.20. The Morgan fingerprint density at radius 3 is 2.47 bits per heavy atom. The number of aromatic nitrogens is 3. The lowest BCUT2D eigenvalue weighted by Gasteiger charge is -2.36. The molecule has 0 fully saturated rings. The Hall–Kier alpha value is -4.64. The second kappa shape index (κ2) is 14.3. The number of fused-ring (bicyclic) bond motifs is 2. The number of aryl methyl sites for hydroxylation is 1. The van der Waals surface area contributed by atoms with Crippen molar-refractivity contribution in [2.45, 2.75) is 76.6 Å². The summed E-state index contributed by atoms with van der Waals surface area (Å²) in [6.07, 6.45) is 5.29. The van der Waals surface area contributed by atoms with Crippen molar-refractivity contribution in [1.82, 2.24) is 24.8 Å². The summed E-state index contributed by atoms with van der Waals surface area (Å²) in [5, 5.41) is 6.58. The Kier molecular flexibility index (Phi) is 10.3. The van der Waals surface area contributed by atoms with Crippen molar-refractivity contribution in [3.05, 3.63) is 88.9 Å². The number of rotatable bonds is 10. The summed E-state index contributed by atoms with van der Waals surface area (Å²) in [6, 6.07) is 13.2. The Bertz CT molecular complexity index is 2270. The lowest BCUT2D eigenvalue weighted by Crippen LogP contribution is -2.42. The van der Waals surface area contributed by atoms with Crippen molar-refractivity contribution in [3.8, 4) is 5.88 Å². The van der Waals surface area contributed by atoms with Gasteiger partial charge in [-0.25, -0.2) is 31.8 Å². The van der Waals surface area contributed by atoms with Gasteiger partial charge in [0.05, 0.1) is 41.4 Å². The zero-order valence-electron chi connectivity index (χ0n) is 31.2. The van der Waals surface area contributed by atoms with E-state index in [1.807, 2.05) is 82.0 Å². The molecule has 1 amide bonds. The maximum absolute atomic E-state index is 14.4. The van der Waals surface area contributed by atoms with E-state index in [9.17, 15) is 21.6 Å². The van der Waals surface area contributed by atoms with Crippen molar-refractivity contribution < 1.29 is 26.4 Å². The van der Waals surface area contributed by atoms with E-state index in [-0.39, 0.29) is 40.6 Å². The first kappa shape index (κ1) is 38.1.